The third kappa shape index (κ3) is 3.36. The first kappa shape index (κ1) is 22.5. The van der Waals surface area contributed by atoms with E-state index in [9.17, 15) is 20.6 Å². The summed E-state index contributed by atoms with van der Waals surface area (Å²) >= 11 is 0. The van der Waals surface area contributed by atoms with Crippen molar-refractivity contribution in [2.24, 2.45) is 17.1 Å². The van der Waals surface area contributed by atoms with Crippen molar-refractivity contribution >= 4 is 6.09 Å². The second kappa shape index (κ2) is 8.91. The summed E-state index contributed by atoms with van der Waals surface area (Å²) in [5.41, 5.74) is 5.58. The number of methoxy groups -OCH3 is 2. The number of nitrogens with two attached hydrogens (primary N) is 1. The zero-order valence-corrected chi connectivity index (χ0v) is 18.1. The summed E-state index contributed by atoms with van der Waals surface area (Å²) in [5, 5.41) is 30.2. The highest BCUT2D eigenvalue weighted by atomic mass is 16.6. The maximum Gasteiger partial charge on any atom is 0.410 e. The van der Waals surface area contributed by atoms with Gasteiger partial charge in [-0.05, 0) is 30.7 Å². The maximum atomic E-state index is 12.5. The van der Waals surface area contributed by atoms with Crippen LogP contribution in [0.5, 0.6) is 11.5 Å². The van der Waals surface area contributed by atoms with Gasteiger partial charge >= 0.3 is 6.09 Å². The van der Waals surface area contributed by atoms with Crippen molar-refractivity contribution in [3.63, 3.8) is 0 Å². The van der Waals surface area contributed by atoms with E-state index >= 15 is 0 Å². The van der Waals surface area contributed by atoms with Crippen molar-refractivity contribution in [2.45, 2.75) is 12.8 Å². The molecule has 0 spiro atoms. The highest BCUT2D eigenvalue weighted by Crippen LogP contribution is 2.56. The fourth-order valence-corrected chi connectivity index (χ4v) is 4.47. The predicted molar refractivity (Wildman–Crippen MR) is 113 cm³/mol. The number of carbonyl (C=O) groups is 1. The molecule has 1 heterocycles. The Kier molecular flexibility index (Phi) is 6.27. The van der Waals surface area contributed by atoms with Gasteiger partial charge in [0, 0.05) is 30.5 Å². The Morgan fingerprint density at radius 3 is 2.53 bits per heavy atom. The molecule has 0 saturated heterocycles. The van der Waals surface area contributed by atoms with Crippen molar-refractivity contribution < 1.29 is 19.0 Å². The lowest BCUT2D eigenvalue weighted by Crippen LogP contribution is -2.49. The summed E-state index contributed by atoms with van der Waals surface area (Å²) in [6.07, 6.45) is 1.22. The molecule has 2 aliphatic rings. The molecule has 9 heteroatoms. The molecule has 1 aromatic rings. The standard InChI is InChI=1S/C23H23N5O4/c1-4-32-22(29)28-8-7-15-17(10-24)21(27)23(12-25,13-26)20(18(15)11-28)16-9-14(30-2)5-6-19(16)31-3/h5-7,9,18,20H,4,8,11,27H2,1-3H3/t18-,20+/m1/s1. The molecule has 0 unspecified atom stereocenters. The highest BCUT2D eigenvalue weighted by molar-refractivity contribution is 5.69. The summed E-state index contributed by atoms with van der Waals surface area (Å²) in [5.74, 6) is -0.465. The Labute approximate surface area is 186 Å². The minimum atomic E-state index is -1.86. The number of allylic oxidation sites excluding steroid dienone is 2. The topological polar surface area (TPSA) is 145 Å². The zero-order valence-electron chi connectivity index (χ0n) is 18.1. The molecule has 0 saturated carbocycles. The van der Waals surface area contributed by atoms with Crippen LogP contribution in [0.4, 0.5) is 4.79 Å². The summed E-state index contributed by atoms with van der Waals surface area (Å²) in [6, 6.07) is 11.3. The molecule has 0 bridgehead atoms. The lowest BCUT2D eigenvalue weighted by molar-refractivity contribution is 0.0998. The van der Waals surface area contributed by atoms with Crippen LogP contribution in [0.1, 0.15) is 18.4 Å². The van der Waals surface area contributed by atoms with Crippen LogP contribution >= 0.6 is 0 Å². The fourth-order valence-electron chi connectivity index (χ4n) is 4.47. The van der Waals surface area contributed by atoms with Gasteiger partial charge in [-0.15, -0.1) is 0 Å². The van der Waals surface area contributed by atoms with E-state index in [1.807, 2.05) is 0 Å². The van der Waals surface area contributed by atoms with Crippen LogP contribution in [0.2, 0.25) is 0 Å². The van der Waals surface area contributed by atoms with Gasteiger partial charge in [0.15, 0.2) is 5.41 Å². The normalized spacial score (nSPS) is 21.2. The summed E-state index contributed by atoms with van der Waals surface area (Å²) in [7, 11) is 2.99. The van der Waals surface area contributed by atoms with Gasteiger partial charge in [0.05, 0.1) is 44.2 Å². The zero-order chi connectivity index (χ0) is 23.5. The number of hydrogen-bond donors (Lipinski definition) is 1. The Morgan fingerprint density at radius 1 is 1.25 bits per heavy atom. The van der Waals surface area contributed by atoms with Gasteiger partial charge in [-0.2, -0.15) is 15.8 Å². The van der Waals surface area contributed by atoms with E-state index < -0.39 is 23.3 Å². The fraction of sp³-hybridized carbons (Fsp3) is 0.391. The van der Waals surface area contributed by atoms with Crippen LogP contribution in [0, 0.1) is 45.3 Å². The third-order valence-electron chi connectivity index (χ3n) is 5.96. The molecule has 9 nitrogen and oxygen atoms in total. The van der Waals surface area contributed by atoms with Crippen LogP contribution in [0.3, 0.4) is 0 Å². The van der Waals surface area contributed by atoms with Crippen molar-refractivity contribution in [3.05, 3.63) is 46.7 Å². The minimum absolute atomic E-state index is 0.0970. The number of hydrogen-bond acceptors (Lipinski definition) is 8. The second-order valence-corrected chi connectivity index (χ2v) is 7.39. The number of nitrogens with zero attached hydrogens (tertiary/aromatic N) is 4. The van der Waals surface area contributed by atoms with E-state index in [1.54, 1.807) is 31.2 Å². The number of benzene rings is 1. The first-order chi connectivity index (χ1) is 15.4. The van der Waals surface area contributed by atoms with E-state index in [1.165, 1.54) is 19.1 Å². The average Bonchev–Trinajstić information content (AvgIpc) is 2.82. The van der Waals surface area contributed by atoms with Gasteiger partial charge < -0.3 is 24.8 Å². The van der Waals surface area contributed by atoms with Gasteiger partial charge in [-0.3, -0.25) is 0 Å². The highest BCUT2D eigenvalue weighted by Gasteiger charge is 2.55. The predicted octanol–water partition coefficient (Wildman–Crippen LogP) is 2.59. The van der Waals surface area contributed by atoms with Crippen LogP contribution < -0.4 is 15.2 Å². The molecule has 0 aromatic heterocycles. The molecule has 1 amide bonds. The molecular formula is C23H23N5O4. The largest absolute Gasteiger partial charge is 0.497 e. The van der Waals surface area contributed by atoms with Crippen molar-refractivity contribution in [3.8, 4) is 29.7 Å². The second-order valence-electron chi connectivity index (χ2n) is 7.39. The van der Waals surface area contributed by atoms with E-state index in [-0.39, 0.29) is 31.0 Å². The number of fused-ring (bicyclic) bond motifs is 1. The van der Waals surface area contributed by atoms with Crippen LogP contribution in [-0.4, -0.2) is 44.9 Å². The number of ether oxygens (including phenoxy) is 3. The summed E-state index contributed by atoms with van der Waals surface area (Å²) < 4.78 is 16.0. The lowest BCUT2D eigenvalue weighted by Gasteiger charge is -2.45. The maximum absolute atomic E-state index is 12.5. The van der Waals surface area contributed by atoms with Gasteiger partial charge in [0.2, 0.25) is 0 Å². The van der Waals surface area contributed by atoms with E-state index in [0.29, 0.717) is 22.6 Å². The van der Waals surface area contributed by atoms with Crippen LogP contribution in [-0.2, 0) is 4.74 Å². The first-order valence-electron chi connectivity index (χ1n) is 9.99. The van der Waals surface area contributed by atoms with E-state index in [2.05, 4.69) is 18.2 Å². The summed E-state index contributed by atoms with van der Waals surface area (Å²) in [4.78, 5) is 13.9. The van der Waals surface area contributed by atoms with Gasteiger partial charge in [0.25, 0.3) is 0 Å². The van der Waals surface area contributed by atoms with Crippen molar-refractivity contribution in [1.82, 2.24) is 4.90 Å². The number of nitriles is 3. The molecule has 0 fully saturated rings. The number of rotatable bonds is 4. The Hall–Kier alpha value is -4.16. The average molecular weight is 433 g/mol. The van der Waals surface area contributed by atoms with Gasteiger partial charge in [0.1, 0.15) is 17.6 Å². The first-order valence-corrected chi connectivity index (χ1v) is 9.99. The lowest BCUT2D eigenvalue weighted by atomic mass is 9.58. The molecule has 164 valence electrons. The molecule has 2 N–H and O–H groups in total. The Bertz CT molecular complexity index is 1100. The SMILES string of the molecule is CCOC(=O)N1CC=C2C(C#N)=C(N)C(C#N)(C#N)[C@@H](c3cc(OC)ccc3OC)[C@@H]2C1. The van der Waals surface area contributed by atoms with Crippen molar-refractivity contribution in [1.29, 1.82) is 15.8 Å². The van der Waals surface area contributed by atoms with Gasteiger partial charge in [-0.1, -0.05) is 6.08 Å². The molecule has 1 aliphatic heterocycles. The molecular weight excluding hydrogens is 410 g/mol. The molecule has 1 aromatic carbocycles. The monoisotopic (exact) mass is 433 g/mol. The number of carbonyl (C=O) groups excluding carboxylic acids is 1. The molecule has 1 aliphatic carbocycles. The van der Waals surface area contributed by atoms with Gasteiger partial charge in [-0.25, -0.2) is 4.79 Å². The van der Waals surface area contributed by atoms with Crippen molar-refractivity contribution in [2.75, 3.05) is 33.9 Å². The summed E-state index contributed by atoms with van der Waals surface area (Å²) in [6.45, 7) is 2.28. The Morgan fingerprint density at radius 2 is 1.97 bits per heavy atom. The quantitative estimate of drug-likeness (QED) is 0.762. The van der Waals surface area contributed by atoms with E-state index in [4.69, 9.17) is 19.9 Å². The molecule has 32 heavy (non-hydrogen) atoms. The van der Waals surface area contributed by atoms with Crippen LogP contribution in [0.25, 0.3) is 0 Å². The number of amides is 1. The van der Waals surface area contributed by atoms with Crippen LogP contribution in [0.15, 0.2) is 41.1 Å². The smallest absolute Gasteiger partial charge is 0.410 e. The molecule has 2 atom stereocenters. The molecule has 3 rings (SSSR count). The minimum Gasteiger partial charge on any atom is -0.497 e. The molecule has 0 radical (unpaired) electrons. The third-order valence-corrected chi connectivity index (χ3v) is 5.96. The van der Waals surface area contributed by atoms with E-state index in [0.717, 1.165) is 0 Å². The Balaban J connectivity index is 2.32.